The summed E-state index contributed by atoms with van der Waals surface area (Å²) < 4.78 is 32.0. The number of nitrogens with zero attached hydrogens (tertiary/aromatic N) is 2. The molecule has 0 amide bonds. The van der Waals surface area contributed by atoms with Gasteiger partial charge in [0.2, 0.25) is 4.80 Å². The molecule has 114 valence electrons. The number of rotatable bonds is 3. The van der Waals surface area contributed by atoms with Crippen molar-refractivity contribution in [2.75, 3.05) is 0 Å². The zero-order valence-corrected chi connectivity index (χ0v) is 14.0. The average molecular weight is 332 g/mol. The van der Waals surface area contributed by atoms with Crippen LogP contribution in [0.2, 0.25) is 0 Å². The third-order valence-corrected chi connectivity index (χ3v) is 5.88. The second-order valence-corrected chi connectivity index (χ2v) is 7.59. The molecule has 6 heteroatoms. The van der Waals surface area contributed by atoms with Gasteiger partial charge in [0, 0.05) is 6.54 Å². The summed E-state index contributed by atoms with van der Waals surface area (Å²) in [6.45, 7) is 4.58. The Labute approximate surface area is 133 Å². The van der Waals surface area contributed by atoms with E-state index in [0.717, 1.165) is 15.8 Å². The van der Waals surface area contributed by atoms with Gasteiger partial charge in [-0.25, -0.2) is 0 Å². The van der Waals surface area contributed by atoms with E-state index < -0.39 is 10.0 Å². The van der Waals surface area contributed by atoms with Crippen LogP contribution in [0.3, 0.4) is 0 Å². The molecule has 0 unspecified atom stereocenters. The minimum Gasteiger partial charge on any atom is -0.316 e. The fraction of sp³-hybridized carbons (Fsp3) is 0.188. The van der Waals surface area contributed by atoms with Gasteiger partial charge in [-0.15, -0.1) is 4.40 Å². The standard InChI is InChI=1S/C16H16N2O2S2/c1-3-18-14-6-4-5-7-15(14)21-16(18)17-22(19,20)13-10-8-12(2)9-11-13/h4-11H,3H2,1-2H3/b17-16-. The van der Waals surface area contributed by atoms with Crippen LogP contribution in [0.4, 0.5) is 0 Å². The SMILES string of the molecule is CCn1/c(=N/S(=O)(=O)c2ccc(C)cc2)sc2ccccc21. The van der Waals surface area contributed by atoms with Crippen LogP contribution in [-0.4, -0.2) is 13.0 Å². The van der Waals surface area contributed by atoms with Crippen molar-refractivity contribution >= 4 is 31.6 Å². The van der Waals surface area contributed by atoms with Gasteiger partial charge in [0.05, 0.1) is 15.1 Å². The van der Waals surface area contributed by atoms with E-state index in [4.69, 9.17) is 0 Å². The van der Waals surface area contributed by atoms with E-state index in [1.807, 2.05) is 42.7 Å². The first kappa shape index (κ1) is 15.0. The van der Waals surface area contributed by atoms with E-state index in [9.17, 15) is 8.42 Å². The number of aryl methyl sites for hydroxylation is 2. The Hall–Kier alpha value is -1.92. The first-order valence-electron chi connectivity index (χ1n) is 6.97. The second kappa shape index (κ2) is 5.70. The Kier molecular flexibility index (Phi) is 3.88. The molecule has 0 bridgehead atoms. The lowest BCUT2D eigenvalue weighted by molar-refractivity contribution is 0.595. The molecule has 0 saturated heterocycles. The maximum Gasteiger partial charge on any atom is 0.285 e. The van der Waals surface area contributed by atoms with Gasteiger partial charge in [0.1, 0.15) is 0 Å². The molecule has 0 aliphatic carbocycles. The number of thiazole rings is 1. The van der Waals surface area contributed by atoms with Crippen LogP contribution in [0.25, 0.3) is 10.2 Å². The van der Waals surface area contributed by atoms with Crippen LogP contribution in [0.15, 0.2) is 57.8 Å². The molecule has 0 aliphatic rings. The summed E-state index contributed by atoms with van der Waals surface area (Å²) >= 11 is 1.39. The number of hydrogen-bond acceptors (Lipinski definition) is 3. The molecule has 0 saturated carbocycles. The van der Waals surface area contributed by atoms with Crippen molar-refractivity contribution in [3.8, 4) is 0 Å². The highest BCUT2D eigenvalue weighted by molar-refractivity contribution is 7.90. The first-order chi connectivity index (χ1) is 10.5. The lowest BCUT2D eigenvalue weighted by atomic mass is 10.2. The van der Waals surface area contributed by atoms with Gasteiger partial charge < -0.3 is 4.57 Å². The first-order valence-corrected chi connectivity index (χ1v) is 9.23. The number of sulfonamides is 1. The molecule has 2 aromatic carbocycles. The quantitative estimate of drug-likeness (QED) is 0.739. The summed E-state index contributed by atoms with van der Waals surface area (Å²) in [5.41, 5.74) is 2.03. The minimum absolute atomic E-state index is 0.221. The van der Waals surface area contributed by atoms with E-state index in [0.29, 0.717) is 11.3 Å². The van der Waals surface area contributed by atoms with Crippen LogP contribution in [0.5, 0.6) is 0 Å². The average Bonchev–Trinajstić information content (AvgIpc) is 2.83. The molecule has 1 heterocycles. The molecule has 3 rings (SSSR count). The molecular weight excluding hydrogens is 316 g/mol. The Morgan fingerprint density at radius 1 is 1.09 bits per heavy atom. The molecule has 3 aromatic rings. The molecule has 1 aromatic heterocycles. The largest absolute Gasteiger partial charge is 0.316 e. The zero-order chi connectivity index (χ0) is 15.7. The fourth-order valence-corrected chi connectivity index (χ4v) is 4.56. The van der Waals surface area contributed by atoms with Gasteiger partial charge in [0.15, 0.2) is 0 Å². The van der Waals surface area contributed by atoms with Crippen molar-refractivity contribution in [1.82, 2.24) is 4.57 Å². The van der Waals surface area contributed by atoms with E-state index in [1.165, 1.54) is 11.3 Å². The van der Waals surface area contributed by atoms with Crippen molar-refractivity contribution in [2.24, 2.45) is 4.40 Å². The molecule has 0 N–H and O–H groups in total. The maximum atomic E-state index is 12.5. The lowest BCUT2D eigenvalue weighted by Crippen LogP contribution is -2.16. The molecular formula is C16H16N2O2S2. The third kappa shape index (κ3) is 2.71. The number of benzene rings is 2. The summed E-state index contributed by atoms with van der Waals surface area (Å²) in [6.07, 6.45) is 0. The van der Waals surface area contributed by atoms with E-state index in [2.05, 4.69) is 4.40 Å². The summed E-state index contributed by atoms with van der Waals surface area (Å²) in [6, 6.07) is 14.6. The number of fused-ring (bicyclic) bond motifs is 1. The van der Waals surface area contributed by atoms with Crippen molar-refractivity contribution in [2.45, 2.75) is 25.3 Å². The second-order valence-electron chi connectivity index (χ2n) is 4.98. The topological polar surface area (TPSA) is 51.4 Å². The summed E-state index contributed by atoms with van der Waals surface area (Å²) in [5.74, 6) is 0. The van der Waals surface area contributed by atoms with Gasteiger partial charge in [-0.1, -0.05) is 41.2 Å². The normalized spacial score (nSPS) is 12.9. The Morgan fingerprint density at radius 2 is 1.77 bits per heavy atom. The smallest absolute Gasteiger partial charge is 0.285 e. The maximum absolute atomic E-state index is 12.5. The minimum atomic E-state index is -3.70. The van der Waals surface area contributed by atoms with Crippen molar-refractivity contribution in [1.29, 1.82) is 0 Å². The molecule has 4 nitrogen and oxygen atoms in total. The van der Waals surface area contributed by atoms with Gasteiger partial charge in [-0.2, -0.15) is 8.42 Å². The van der Waals surface area contributed by atoms with E-state index in [-0.39, 0.29) is 4.90 Å². The molecule has 22 heavy (non-hydrogen) atoms. The van der Waals surface area contributed by atoms with Crippen LogP contribution < -0.4 is 4.80 Å². The van der Waals surface area contributed by atoms with Crippen LogP contribution in [0.1, 0.15) is 12.5 Å². The highest BCUT2D eigenvalue weighted by atomic mass is 32.2. The van der Waals surface area contributed by atoms with Crippen molar-refractivity contribution in [3.05, 3.63) is 58.9 Å². The van der Waals surface area contributed by atoms with Gasteiger partial charge in [0.25, 0.3) is 10.0 Å². The highest BCUT2D eigenvalue weighted by Gasteiger charge is 2.14. The van der Waals surface area contributed by atoms with Crippen LogP contribution in [0, 0.1) is 6.92 Å². The summed E-state index contributed by atoms with van der Waals surface area (Å²) in [4.78, 5) is 0.725. The van der Waals surface area contributed by atoms with Crippen molar-refractivity contribution < 1.29 is 8.42 Å². The van der Waals surface area contributed by atoms with Crippen LogP contribution in [-0.2, 0) is 16.6 Å². The molecule has 0 radical (unpaired) electrons. The zero-order valence-electron chi connectivity index (χ0n) is 12.4. The number of aromatic nitrogens is 1. The lowest BCUT2D eigenvalue weighted by Gasteiger charge is -2.01. The Morgan fingerprint density at radius 3 is 2.45 bits per heavy atom. The third-order valence-electron chi connectivity index (χ3n) is 3.42. The Bertz CT molecular complexity index is 981. The van der Waals surface area contributed by atoms with Gasteiger partial charge >= 0.3 is 0 Å². The Balaban J connectivity index is 2.21. The predicted molar refractivity (Wildman–Crippen MR) is 89.4 cm³/mol. The number of para-hydroxylation sites is 1. The highest BCUT2D eigenvalue weighted by Crippen LogP contribution is 2.18. The van der Waals surface area contributed by atoms with Gasteiger partial charge in [-0.3, -0.25) is 0 Å². The molecule has 0 atom stereocenters. The summed E-state index contributed by atoms with van der Waals surface area (Å²) in [7, 11) is -3.70. The number of hydrogen-bond donors (Lipinski definition) is 0. The van der Waals surface area contributed by atoms with Gasteiger partial charge in [-0.05, 0) is 38.1 Å². The van der Waals surface area contributed by atoms with Crippen LogP contribution >= 0.6 is 11.3 Å². The van der Waals surface area contributed by atoms with Crippen molar-refractivity contribution in [3.63, 3.8) is 0 Å². The van der Waals surface area contributed by atoms with E-state index in [1.54, 1.807) is 24.3 Å². The molecule has 0 fully saturated rings. The van der Waals surface area contributed by atoms with E-state index >= 15 is 0 Å². The fourth-order valence-electron chi connectivity index (χ4n) is 2.26. The molecule has 0 aliphatic heterocycles. The summed E-state index contributed by atoms with van der Waals surface area (Å²) in [5, 5.41) is 0. The monoisotopic (exact) mass is 332 g/mol. The molecule has 0 spiro atoms. The predicted octanol–water partition coefficient (Wildman–Crippen LogP) is 3.32.